The molecule has 0 aliphatic rings. The minimum Gasteiger partial charge on any atom is -0.356 e. The molecule has 0 spiro atoms. The largest absolute Gasteiger partial charge is 0.356 e. The lowest BCUT2D eigenvalue weighted by atomic mass is 10.2. The van der Waals surface area contributed by atoms with Gasteiger partial charge >= 0.3 is 0 Å². The molecule has 0 aliphatic heterocycles. The first-order valence-corrected chi connectivity index (χ1v) is 6.75. The number of amides is 2. The third-order valence-electron chi connectivity index (χ3n) is 2.48. The maximum absolute atomic E-state index is 11.4. The Bertz CT molecular complexity index is 235. The molecule has 2 N–H and O–H groups in total. The highest BCUT2D eigenvalue weighted by Gasteiger charge is 2.06. The van der Waals surface area contributed by atoms with Crippen molar-refractivity contribution in [3.63, 3.8) is 0 Å². The summed E-state index contributed by atoms with van der Waals surface area (Å²) in [5.74, 6) is 0.566. The van der Waals surface area contributed by atoms with Crippen LogP contribution in [0.1, 0.15) is 46.0 Å². The van der Waals surface area contributed by atoms with Crippen LogP contribution in [0.4, 0.5) is 0 Å². The van der Waals surface area contributed by atoms with Crippen LogP contribution >= 0.6 is 11.6 Å². The molecule has 0 aliphatic carbocycles. The molecule has 0 aromatic carbocycles. The van der Waals surface area contributed by atoms with E-state index in [2.05, 4.69) is 10.6 Å². The molecular weight excluding hydrogens is 240 g/mol. The molecule has 17 heavy (non-hydrogen) atoms. The van der Waals surface area contributed by atoms with E-state index in [1.165, 1.54) is 0 Å². The number of halogens is 1. The molecular formula is C12H23ClN2O2. The first-order chi connectivity index (χ1) is 8.10. The van der Waals surface area contributed by atoms with Gasteiger partial charge in [-0.05, 0) is 26.2 Å². The Balaban J connectivity index is 3.49. The summed E-state index contributed by atoms with van der Waals surface area (Å²) in [5, 5.41) is 5.57. The van der Waals surface area contributed by atoms with Gasteiger partial charge < -0.3 is 10.6 Å². The second kappa shape index (κ2) is 10.4. The Labute approximate surface area is 108 Å². The summed E-state index contributed by atoms with van der Waals surface area (Å²) in [6.07, 6.45) is 3.39. The van der Waals surface area contributed by atoms with Gasteiger partial charge in [0.15, 0.2) is 0 Å². The number of carbonyl (C=O) groups excluding carboxylic acids is 2. The SMILES string of the molecule is CCC(C)NC(=O)CCNC(=O)CCCCCl. The summed E-state index contributed by atoms with van der Waals surface area (Å²) >= 11 is 5.51. The van der Waals surface area contributed by atoms with Gasteiger partial charge in [0.25, 0.3) is 0 Å². The second-order valence-electron chi connectivity index (χ2n) is 4.12. The van der Waals surface area contributed by atoms with E-state index in [0.29, 0.717) is 25.3 Å². The Morgan fingerprint density at radius 3 is 2.47 bits per heavy atom. The highest BCUT2D eigenvalue weighted by Crippen LogP contribution is 1.96. The average molecular weight is 263 g/mol. The molecule has 1 atom stereocenters. The fourth-order valence-electron chi connectivity index (χ4n) is 1.23. The summed E-state index contributed by atoms with van der Waals surface area (Å²) in [4.78, 5) is 22.7. The molecule has 0 fully saturated rings. The van der Waals surface area contributed by atoms with E-state index in [-0.39, 0.29) is 17.9 Å². The summed E-state index contributed by atoms with van der Waals surface area (Å²) < 4.78 is 0. The second-order valence-corrected chi connectivity index (χ2v) is 4.50. The molecule has 100 valence electrons. The van der Waals surface area contributed by atoms with E-state index >= 15 is 0 Å². The van der Waals surface area contributed by atoms with E-state index < -0.39 is 0 Å². The molecule has 0 aromatic rings. The van der Waals surface area contributed by atoms with Crippen LogP contribution in [0.25, 0.3) is 0 Å². The maximum Gasteiger partial charge on any atom is 0.221 e. The van der Waals surface area contributed by atoms with Crippen LogP contribution in [-0.2, 0) is 9.59 Å². The summed E-state index contributed by atoms with van der Waals surface area (Å²) in [7, 11) is 0. The number of hydrogen-bond donors (Lipinski definition) is 2. The van der Waals surface area contributed by atoms with Crippen molar-refractivity contribution in [3.05, 3.63) is 0 Å². The van der Waals surface area contributed by atoms with Crippen LogP contribution in [0.2, 0.25) is 0 Å². The van der Waals surface area contributed by atoms with Gasteiger partial charge in [-0.1, -0.05) is 6.92 Å². The lowest BCUT2D eigenvalue weighted by molar-refractivity contribution is -0.122. The molecule has 0 bridgehead atoms. The first-order valence-electron chi connectivity index (χ1n) is 6.22. The van der Waals surface area contributed by atoms with Crippen molar-refractivity contribution < 1.29 is 9.59 Å². The van der Waals surface area contributed by atoms with Crippen molar-refractivity contribution in [1.82, 2.24) is 10.6 Å². The third kappa shape index (κ3) is 10.1. The van der Waals surface area contributed by atoms with Crippen LogP contribution in [0, 0.1) is 0 Å². The zero-order chi connectivity index (χ0) is 13.1. The van der Waals surface area contributed by atoms with Gasteiger partial charge in [0.05, 0.1) is 0 Å². The van der Waals surface area contributed by atoms with Crippen LogP contribution in [0.3, 0.4) is 0 Å². The van der Waals surface area contributed by atoms with E-state index in [4.69, 9.17) is 11.6 Å². The van der Waals surface area contributed by atoms with Gasteiger partial charge in [-0.15, -0.1) is 11.6 Å². The molecule has 0 aromatic heterocycles. The summed E-state index contributed by atoms with van der Waals surface area (Å²) in [5.41, 5.74) is 0. The smallest absolute Gasteiger partial charge is 0.221 e. The Kier molecular flexibility index (Phi) is 9.92. The lowest BCUT2D eigenvalue weighted by Crippen LogP contribution is -2.35. The van der Waals surface area contributed by atoms with Crippen molar-refractivity contribution in [2.24, 2.45) is 0 Å². The van der Waals surface area contributed by atoms with Crippen LogP contribution in [0.15, 0.2) is 0 Å². The predicted molar refractivity (Wildman–Crippen MR) is 70.1 cm³/mol. The fourth-order valence-corrected chi connectivity index (χ4v) is 1.42. The number of nitrogens with one attached hydrogen (secondary N) is 2. The quantitative estimate of drug-likeness (QED) is 0.492. The summed E-state index contributed by atoms with van der Waals surface area (Å²) in [6, 6.07) is 0.196. The molecule has 1 unspecified atom stereocenters. The van der Waals surface area contributed by atoms with Crippen LogP contribution in [0.5, 0.6) is 0 Å². The molecule has 0 rings (SSSR count). The monoisotopic (exact) mass is 262 g/mol. The van der Waals surface area contributed by atoms with Gasteiger partial charge in [-0.3, -0.25) is 9.59 Å². The topological polar surface area (TPSA) is 58.2 Å². The van der Waals surface area contributed by atoms with Crippen LogP contribution in [-0.4, -0.2) is 30.3 Å². The van der Waals surface area contributed by atoms with Crippen molar-refractivity contribution in [2.45, 2.75) is 52.0 Å². The van der Waals surface area contributed by atoms with Crippen molar-refractivity contribution in [3.8, 4) is 0 Å². The normalized spacial score (nSPS) is 11.9. The molecule has 0 radical (unpaired) electrons. The highest BCUT2D eigenvalue weighted by atomic mass is 35.5. The Hall–Kier alpha value is -0.770. The minimum absolute atomic E-state index is 0.00791. The van der Waals surface area contributed by atoms with Gasteiger partial charge in [-0.2, -0.15) is 0 Å². The molecule has 0 heterocycles. The summed E-state index contributed by atoms with van der Waals surface area (Å²) in [6.45, 7) is 4.38. The van der Waals surface area contributed by atoms with E-state index in [1.807, 2.05) is 13.8 Å². The number of unbranched alkanes of at least 4 members (excludes halogenated alkanes) is 1. The molecule has 2 amide bonds. The number of carbonyl (C=O) groups is 2. The van der Waals surface area contributed by atoms with Crippen LogP contribution < -0.4 is 10.6 Å². The number of alkyl halides is 1. The molecule has 4 nitrogen and oxygen atoms in total. The third-order valence-corrected chi connectivity index (χ3v) is 2.75. The highest BCUT2D eigenvalue weighted by molar-refractivity contribution is 6.17. The van der Waals surface area contributed by atoms with Crippen molar-refractivity contribution in [1.29, 1.82) is 0 Å². The Morgan fingerprint density at radius 2 is 1.88 bits per heavy atom. The standard InChI is InChI=1S/C12H23ClN2O2/c1-3-10(2)15-12(17)7-9-14-11(16)6-4-5-8-13/h10H,3-9H2,1-2H3,(H,14,16)(H,15,17). The average Bonchev–Trinajstić information content (AvgIpc) is 2.29. The van der Waals surface area contributed by atoms with Gasteiger partial charge in [0.2, 0.25) is 11.8 Å². The zero-order valence-corrected chi connectivity index (χ0v) is 11.5. The van der Waals surface area contributed by atoms with Crippen molar-refractivity contribution in [2.75, 3.05) is 12.4 Å². The maximum atomic E-state index is 11.4. The predicted octanol–water partition coefficient (Wildman–Crippen LogP) is 1.82. The number of rotatable bonds is 9. The van der Waals surface area contributed by atoms with Gasteiger partial charge in [0, 0.05) is 31.3 Å². The number of hydrogen-bond acceptors (Lipinski definition) is 2. The fraction of sp³-hybridized carbons (Fsp3) is 0.833. The lowest BCUT2D eigenvalue weighted by Gasteiger charge is -2.11. The molecule has 5 heteroatoms. The van der Waals surface area contributed by atoms with Gasteiger partial charge in [-0.25, -0.2) is 0 Å². The minimum atomic E-state index is -0.0135. The molecule has 0 saturated heterocycles. The zero-order valence-electron chi connectivity index (χ0n) is 10.7. The Morgan fingerprint density at radius 1 is 1.18 bits per heavy atom. The first kappa shape index (κ1) is 16.2. The molecule has 0 saturated carbocycles. The van der Waals surface area contributed by atoms with E-state index in [1.54, 1.807) is 0 Å². The van der Waals surface area contributed by atoms with E-state index in [0.717, 1.165) is 19.3 Å². The van der Waals surface area contributed by atoms with Gasteiger partial charge in [0.1, 0.15) is 0 Å². The van der Waals surface area contributed by atoms with Crippen molar-refractivity contribution >= 4 is 23.4 Å². The van der Waals surface area contributed by atoms with E-state index in [9.17, 15) is 9.59 Å².